The van der Waals surface area contributed by atoms with Crippen molar-refractivity contribution in [3.05, 3.63) is 47.6 Å². The van der Waals surface area contributed by atoms with Crippen LogP contribution in [0.3, 0.4) is 0 Å². The smallest absolute Gasteiger partial charge is 0.0122 e. The van der Waals surface area contributed by atoms with Crippen molar-refractivity contribution in [1.82, 2.24) is 0 Å². The second-order valence-electron chi connectivity index (χ2n) is 3.09. The number of hydrogen-bond acceptors (Lipinski definition) is 0. The Kier molecular flexibility index (Phi) is 0.634. The Morgan fingerprint density at radius 3 is 3.00 bits per heavy atom. The van der Waals surface area contributed by atoms with Crippen molar-refractivity contribution < 1.29 is 0 Å². The summed E-state index contributed by atoms with van der Waals surface area (Å²) < 4.78 is 0. The van der Waals surface area contributed by atoms with Crippen LogP contribution in [-0.2, 0) is 0 Å². The Morgan fingerprint density at radius 2 is 2.20 bits per heavy atom. The Bertz CT molecular complexity index is 300. The van der Waals surface area contributed by atoms with Crippen LogP contribution in [0.4, 0.5) is 0 Å². The molecule has 3 rings (SSSR count). The molecule has 0 amide bonds. The first-order chi connectivity index (χ1) is 4.95. The van der Waals surface area contributed by atoms with Crippen LogP contribution in [0.15, 0.2) is 47.6 Å². The van der Waals surface area contributed by atoms with E-state index in [4.69, 9.17) is 0 Å². The van der Waals surface area contributed by atoms with Crippen molar-refractivity contribution in [1.29, 1.82) is 0 Å². The maximum atomic E-state index is 2.36. The molecule has 0 heteroatoms. The van der Waals surface area contributed by atoms with Crippen LogP contribution in [0, 0.1) is 11.8 Å². The summed E-state index contributed by atoms with van der Waals surface area (Å²) >= 11 is 0. The van der Waals surface area contributed by atoms with Crippen LogP contribution in [-0.4, -0.2) is 0 Å². The maximum Gasteiger partial charge on any atom is 0.0122 e. The lowest BCUT2D eigenvalue weighted by molar-refractivity contribution is 0.616. The molecule has 0 aromatic rings. The fraction of sp³-hybridized carbons (Fsp3) is 0.200. The predicted octanol–water partition coefficient (Wildman–Crippen LogP) is 2.22. The highest BCUT2D eigenvalue weighted by Crippen LogP contribution is 2.45. The van der Waals surface area contributed by atoms with Crippen LogP contribution in [0.5, 0.6) is 0 Å². The maximum absolute atomic E-state index is 2.36. The lowest BCUT2D eigenvalue weighted by Gasteiger charge is -2.21. The van der Waals surface area contributed by atoms with E-state index in [-0.39, 0.29) is 0 Å². The van der Waals surface area contributed by atoms with E-state index in [9.17, 15) is 0 Å². The molecule has 0 aromatic heterocycles. The van der Waals surface area contributed by atoms with Gasteiger partial charge in [0.1, 0.15) is 0 Å². The van der Waals surface area contributed by atoms with E-state index in [1.165, 1.54) is 11.1 Å². The zero-order chi connectivity index (χ0) is 6.55. The van der Waals surface area contributed by atoms with E-state index in [1.807, 2.05) is 0 Å². The minimum Gasteiger partial charge on any atom is -0.0800 e. The molecular weight excluding hydrogens is 120 g/mol. The van der Waals surface area contributed by atoms with Gasteiger partial charge in [-0.05, 0) is 11.1 Å². The van der Waals surface area contributed by atoms with E-state index in [0.29, 0.717) is 0 Å². The highest BCUT2D eigenvalue weighted by molar-refractivity contribution is 5.58. The Hall–Kier alpha value is -1.04. The third-order valence-corrected chi connectivity index (χ3v) is 2.57. The van der Waals surface area contributed by atoms with Gasteiger partial charge in [-0.15, -0.1) is 0 Å². The monoisotopic (exact) mass is 128 g/mol. The first-order valence-corrected chi connectivity index (χ1v) is 3.74. The van der Waals surface area contributed by atoms with Gasteiger partial charge in [-0.3, -0.25) is 0 Å². The van der Waals surface area contributed by atoms with Crippen molar-refractivity contribution in [2.75, 3.05) is 0 Å². The summed E-state index contributed by atoms with van der Waals surface area (Å²) in [7, 11) is 0. The quantitative estimate of drug-likeness (QED) is 0.439. The van der Waals surface area contributed by atoms with E-state index >= 15 is 0 Å². The predicted molar refractivity (Wildman–Crippen MR) is 41.4 cm³/mol. The lowest BCUT2D eigenvalue weighted by atomic mass is 9.82. The van der Waals surface area contributed by atoms with Gasteiger partial charge in [0.15, 0.2) is 0 Å². The van der Waals surface area contributed by atoms with Gasteiger partial charge in [-0.1, -0.05) is 36.5 Å². The fourth-order valence-corrected chi connectivity index (χ4v) is 1.93. The Morgan fingerprint density at radius 1 is 1.20 bits per heavy atom. The second-order valence-corrected chi connectivity index (χ2v) is 3.09. The molecule has 0 aliphatic heterocycles. The minimum atomic E-state index is 0.741. The Balaban J connectivity index is 2.18. The van der Waals surface area contributed by atoms with Crippen molar-refractivity contribution in [3.8, 4) is 0 Å². The Labute approximate surface area is 60.2 Å². The molecular formula is C10H8. The zero-order valence-electron chi connectivity index (χ0n) is 5.62. The third kappa shape index (κ3) is 0.367. The van der Waals surface area contributed by atoms with Gasteiger partial charge in [-0.2, -0.15) is 0 Å². The molecule has 48 valence electrons. The summed E-state index contributed by atoms with van der Waals surface area (Å²) in [6.07, 6.45) is 13.5. The molecule has 3 aliphatic rings. The van der Waals surface area contributed by atoms with Gasteiger partial charge >= 0.3 is 0 Å². The van der Waals surface area contributed by atoms with Gasteiger partial charge in [0.2, 0.25) is 0 Å². The number of fused-ring (bicyclic) bond motifs is 3. The molecule has 3 aliphatic carbocycles. The highest BCUT2D eigenvalue weighted by Gasteiger charge is 2.33. The molecule has 0 heterocycles. The molecule has 0 nitrogen and oxygen atoms in total. The van der Waals surface area contributed by atoms with Crippen molar-refractivity contribution >= 4 is 0 Å². The van der Waals surface area contributed by atoms with Gasteiger partial charge in [0.25, 0.3) is 0 Å². The summed E-state index contributed by atoms with van der Waals surface area (Å²) in [6, 6.07) is 0. The topological polar surface area (TPSA) is 0 Å². The van der Waals surface area contributed by atoms with Crippen molar-refractivity contribution in [3.63, 3.8) is 0 Å². The van der Waals surface area contributed by atoms with Gasteiger partial charge in [0.05, 0.1) is 0 Å². The van der Waals surface area contributed by atoms with E-state index in [0.717, 1.165) is 11.8 Å². The summed E-state index contributed by atoms with van der Waals surface area (Å²) in [4.78, 5) is 0. The number of rotatable bonds is 0. The van der Waals surface area contributed by atoms with Gasteiger partial charge in [0, 0.05) is 11.8 Å². The number of allylic oxidation sites excluding steroid dienone is 8. The first-order valence-electron chi connectivity index (χ1n) is 3.74. The van der Waals surface area contributed by atoms with E-state index < -0.39 is 0 Å². The molecule has 2 unspecified atom stereocenters. The van der Waals surface area contributed by atoms with Crippen molar-refractivity contribution in [2.24, 2.45) is 11.8 Å². The average Bonchev–Trinajstić information content (AvgIpc) is 2.35. The first kappa shape index (κ1) is 4.73. The standard InChI is InChI=1S/C10H8/c1-2-7-6-8-4-5-10(8)9(7)3-1/h1-6,8,10H. The summed E-state index contributed by atoms with van der Waals surface area (Å²) in [6.45, 7) is 0. The second kappa shape index (κ2) is 1.34. The average molecular weight is 128 g/mol. The van der Waals surface area contributed by atoms with E-state index in [1.54, 1.807) is 0 Å². The SMILES string of the molecule is C1=CC2=CC3C=CC3C2=C1. The molecule has 0 fully saturated rings. The molecule has 0 bridgehead atoms. The van der Waals surface area contributed by atoms with E-state index in [2.05, 4.69) is 36.5 Å². The summed E-state index contributed by atoms with van der Waals surface area (Å²) in [5.74, 6) is 1.48. The largest absolute Gasteiger partial charge is 0.0800 e. The van der Waals surface area contributed by atoms with Crippen LogP contribution >= 0.6 is 0 Å². The fourth-order valence-electron chi connectivity index (χ4n) is 1.93. The third-order valence-electron chi connectivity index (χ3n) is 2.57. The van der Waals surface area contributed by atoms with Gasteiger partial charge in [-0.25, -0.2) is 0 Å². The van der Waals surface area contributed by atoms with Crippen LogP contribution in [0.1, 0.15) is 0 Å². The van der Waals surface area contributed by atoms with Crippen LogP contribution < -0.4 is 0 Å². The molecule has 10 heavy (non-hydrogen) atoms. The molecule has 0 aromatic carbocycles. The zero-order valence-corrected chi connectivity index (χ0v) is 5.62. The van der Waals surface area contributed by atoms with Crippen LogP contribution in [0.2, 0.25) is 0 Å². The summed E-state index contributed by atoms with van der Waals surface area (Å²) in [5, 5.41) is 0. The normalized spacial score (nSPS) is 38.4. The minimum absolute atomic E-state index is 0.741. The number of hydrogen-bond donors (Lipinski definition) is 0. The molecule has 2 atom stereocenters. The lowest BCUT2D eigenvalue weighted by Crippen LogP contribution is -2.12. The van der Waals surface area contributed by atoms with Gasteiger partial charge < -0.3 is 0 Å². The van der Waals surface area contributed by atoms with Crippen molar-refractivity contribution in [2.45, 2.75) is 0 Å². The molecule has 0 saturated carbocycles. The highest BCUT2D eigenvalue weighted by atomic mass is 14.4. The molecule has 0 radical (unpaired) electrons. The van der Waals surface area contributed by atoms with Crippen LogP contribution in [0.25, 0.3) is 0 Å². The molecule has 0 saturated heterocycles. The molecule has 0 spiro atoms. The summed E-state index contributed by atoms with van der Waals surface area (Å²) in [5.41, 5.74) is 2.99. The molecule has 0 N–H and O–H groups in total.